The summed E-state index contributed by atoms with van der Waals surface area (Å²) in [6.45, 7) is 1.03. The monoisotopic (exact) mass is 442 g/mol. The maximum atomic E-state index is 13.1. The predicted octanol–water partition coefficient (Wildman–Crippen LogP) is 0.846. The molecule has 2 heterocycles. The summed E-state index contributed by atoms with van der Waals surface area (Å²) >= 11 is 0. The van der Waals surface area contributed by atoms with Crippen LogP contribution in [0.2, 0.25) is 0 Å². The van der Waals surface area contributed by atoms with Gasteiger partial charge in [-0.05, 0) is 13.0 Å². The molecule has 1 N–H and O–H groups in total. The molecule has 3 aromatic rings. The van der Waals surface area contributed by atoms with E-state index < -0.39 is 29.7 Å². The zero-order valence-electron chi connectivity index (χ0n) is 18.2. The quantitative estimate of drug-likeness (QED) is 0.556. The molecule has 0 fully saturated rings. The summed E-state index contributed by atoms with van der Waals surface area (Å²) < 4.78 is 16.9. The van der Waals surface area contributed by atoms with Gasteiger partial charge in [0, 0.05) is 36.6 Å². The number of anilines is 1. The number of methoxy groups -OCH3 is 3. The predicted molar refractivity (Wildman–Crippen MR) is 115 cm³/mol. The number of aromatic nitrogens is 3. The molecule has 0 saturated carbocycles. The van der Waals surface area contributed by atoms with E-state index in [4.69, 9.17) is 14.2 Å². The van der Waals surface area contributed by atoms with E-state index in [2.05, 4.69) is 10.3 Å². The molecule has 0 aliphatic carbocycles. The number of aryl methyl sites for hydroxylation is 2. The average molecular weight is 442 g/mol. The Morgan fingerprint density at radius 1 is 1.03 bits per heavy atom. The van der Waals surface area contributed by atoms with E-state index in [9.17, 15) is 19.2 Å². The highest BCUT2D eigenvalue weighted by molar-refractivity contribution is 6.02. The Hall–Kier alpha value is -4.15. The van der Waals surface area contributed by atoms with Crippen LogP contribution in [0, 0.1) is 6.92 Å². The first-order valence-electron chi connectivity index (χ1n) is 9.42. The van der Waals surface area contributed by atoms with Gasteiger partial charge in [-0.15, -0.1) is 0 Å². The van der Waals surface area contributed by atoms with E-state index in [0.29, 0.717) is 22.9 Å². The SMILES string of the molecule is COC(=O)c1cc(C)nc2c1c(=O)n(CC(=O)Nc1cc(OC)cc(OC)c1)c(=O)n2C. The van der Waals surface area contributed by atoms with Crippen molar-refractivity contribution in [1.82, 2.24) is 14.1 Å². The van der Waals surface area contributed by atoms with Crippen LogP contribution in [0.5, 0.6) is 11.5 Å². The highest BCUT2D eigenvalue weighted by Crippen LogP contribution is 2.25. The fourth-order valence-corrected chi connectivity index (χ4v) is 3.24. The standard InChI is InChI=1S/C21H22N4O7/c1-11-6-15(20(28)32-5)17-18(22-11)24(2)21(29)25(19(17)27)10-16(26)23-12-7-13(30-3)9-14(8-12)31-4/h6-9H,10H2,1-5H3,(H,23,26). The van der Waals surface area contributed by atoms with Crippen LogP contribution in [-0.4, -0.2) is 47.3 Å². The van der Waals surface area contributed by atoms with Gasteiger partial charge in [0.2, 0.25) is 5.91 Å². The zero-order valence-corrected chi connectivity index (χ0v) is 18.2. The van der Waals surface area contributed by atoms with Gasteiger partial charge in [0.15, 0.2) is 0 Å². The van der Waals surface area contributed by atoms with Gasteiger partial charge in [0.1, 0.15) is 23.7 Å². The normalized spacial score (nSPS) is 10.7. The molecule has 0 spiro atoms. The zero-order chi connectivity index (χ0) is 23.6. The number of esters is 1. The van der Waals surface area contributed by atoms with Crippen molar-refractivity contribution in [3.05, 3.63) is 56.4 Å². The molecule has 0 aliphatic heterocycles. The first-order valence-corrected chi connectivity index (χ1v) is 9.42. The molecular weight excluding hydrogens is 420 g/mol. The van der Waals surface area contributed by atoms with Crippen molar-refractivity contribution >= 4 is 28.6 Å². The first kappa shape index (κ1) is 22.5. The Labute approximate surface area is 182 Å². The van der Waals surface area contributed by atoms with Crippen LogP contribution in [0.1, 0.15) is 16.1 Å². The molecule has 1 amide bonds. The van der Waals surface area contributed by atoms with Gasteiger partial charge in [0.05, 0.1) is 32.3 Å². The van der Waals surface area contributed by atoms with E-state index in [1.54, 1.807) is 25.1 Å². The number of amides is 1. The number of ether oxygens (including phenoxy) is 3. The fraction of sp³-hybridized carbons (Fsp3) is 0.286. The van der Waals surface area contributed by atoms with Crippen molar-refractivity contribution in [3.63, 3.8) is 0 Å². The number of rotatable bonds is 6. The maximum absolute atomic E-state index is 13.1. The number of hydrogen-bond donors (Lipinski definition) is 1. The fourth-order valence-electron chi connectivity index (χ4n) is 3.24. The first-order chi connectivity index (χ1) is 15.2. The Morgan fingerprint density at radius 3 is 2.22 bits per heavy atom. The molecule has 0 unspecified atom stereocenters. The van der Waals surface area contributed by atoms with Crippen molar-refractivity contribution in [3.8, 4) is 11.5 Å². The number of nitrogens with one attached hydrogen (secondary N) is 1. The Kier molecular flexibility index (Phi) is 6.28. The number of carbonyl (C=O) groups excluding carboxylic acids is 2. The summed E-state index contributed by atoms with van der Waals surface area (Å²) in [4.78, 5) is 55.0. The van der Waals surface area contributed by atoms with Crippen molar-refractivity contribution in [1.29, 1.82) is 0 Å². The second-order valence-electron chi connectivity index (χ2n) is 6.88. The number of pyridine rings is 1. The van der Waals surface area contributed by atoms with E-state index in [-0.39, 0.29) is 16.6 Å². The van der Waals surface area contributed by atoms with E-state index in [1.807, 2.05) is 0 Å². The molecule has 2 aromatic heterocycles. The third-order valence-corrected chi connectivity index (χ3v) is 4.77. The van der Waals surface area contributed by atoms with Crippen LogP contribution < -0.4 is 26.0 Å². The van der Waals surface area contributed by atoms with Gasteiger partial charge in [-0.2, -0.15) is 0 Å². The number of carbonyl (C=O) groups is 2. The molecule has 32 heavy (non-hydrogen) atoms. The molecule has 3 rings (SSSR count). The van der Waals surface area contributed by atoms with Crippen LogP contribution >= 0.6 is 0 Å². The Morgan fingerprint density at radius 2 is 1.66 bits per heavy atom. The van der Waals surface area contributed by atoms with E-state index in [1.165, 1.54) is 34.4 Å². The number of benzene rings is 1. The van der Waals surface area contributed by atoms with Gasteiger partial charge in [-0.25, -0.2) is 14.6 Å². The Bertz CT molecular complexity index is 1320. The molecule has 11 nitrogen and oxygen atoms in total. The minimum Gasteiger partial charge on any atom is -0.497 e. The van der Waals surface area contributed by atoms with E-state index in [0.717, 1.165) is 9.13 Å². The largest absolute Gasteiger partial charge is 0.497 e. The van der Waals surface area contributed by atoms with Gasteiger partial charge >= 0.3 is 11.7 Å². The van der Waals surface area contributed by atoms with Crippen LogP contribution in [0.15, 0.2) is 33.9 Å². The van der Waals surface area contributed by atoms with Crippen LogP contribution in [0.3, 0.4) is 0 Å². The van der Waals surface area contributed by atoms with Crippen molar-refractivity contribution < 1.29 is 23.8 Å². The third-order valence-electron chi connectivity index (χ3n) is 4.77. The number of fused-ring (bicyclic) bond motifs is 1. The minimum absolute atomic E-state index is 0.0228. The molecule has 0 saturated heterocycles. The number of nitrogens with zero attached hydrogens (tertiary/aromatic N) is 3. The molecule has 0 bridgehead atoms. The van der Waals surface area contributed by atoms with Crippen molar-refractivity contribution in [2.75, 3.05) is 26.6 Å². The summed E-state index contributed by atoms with van der Waals surface area (Å²) in [5.41, 5.74) is -0.819. The van der Waals surface area contributed by atoms with Crippen LogP contribution in [-0.2, 0) is 23.1 Å². The Balaban J connectivity index is 2.07. The molecule has 1 aromatic carbocycles. The highest BCUT2D eigenvalue weighted by Gasteiger charge is 2.22. The highest BCUT2D eigenvalue weighted by atomic mass is 16.5. The molecule has 0 radical (unpaired) electrons. The van der Waals surface area contributed by atoms with Gasteiger partial charge in [0.25, 0.3) is 5.56 Å². The summed E-state index contributed by atoms with van der Waals surface area (Å²) in [7, 11) is 5.51. The lowest BCUT2D eigenvalue weighted by molar-refractivity contribution is -0.116. The average Bonchev–Trinajstić information content (AvgIpc) is 2.78. The van der Waals surface area contributed by atoms with Gasteiger partial charge in [-0.3, -0.25) is 18.7 Å². The van der Waals surface area contributed by atoms with Crippen molar-refractivity contribution in [2.24, 2.45) is 7.05 Å². The summed E-state index contributed by atoms with van der Waals surface area (Å²) in [5, 5.41) is 2.49. The molecule has 168 valence electrons. The smallest absolute Gasteiger partial charge is 0.338 e. The summed E-state index contributed by atoms with van der Waals surface area (Å²) in [5.74, 6) is -0.500. The third kappa shape index (κ3) is 4.17. The van der Waals surface area contributed by atoms with Gasteiger partial charge in [-0.1, -0.05) is 0 Å². The van der Waals surface area contributed by atoms with Crippen molar-refractivity contribution in [2.45, 2.75) is 13.5 Å². The number of hydrogen-bond acceptors (Lipinski definition) is 8. The summed E-state index contributed by atoms with van der Waals surface area (Å²) in [6, 6.07) is 6.14. The molecule has 0 atom stereocenters. The lowest BCUT2D eigenvalue weighted by Crippen LogP contribution is -2.42. The lowest BCUT2D eigenvalue weighted by atomic mass is 10.1. The second-order valence-corrected chi connectivity index (χ2v) is 6.88. The second kappa shape index (κ2) is 8.92. The maximum Gasteiger partial charge on any atom is 0.338 e. The molecule has 0 aliphatic rings. The minimum atomic E-state index is -0.825. The topological polar surface area (TPSA) is 131 Å². The van der Waals surface area contributed by atoms with Crippen LogP contribution in [0.25, 0.3) is 11.0 Å². The van der Waals surface area contributed by atoms with Crippen LogP contribution in [0.4, 0.5) is 5.69 Å². The summed E-state index contributed by atoms with van der Waals surface area (Å²) in [6.07, 6.45) is 0. The molecular formula is C21H22N4O7. The molecule has 11 heteroatoms. The lowest BCUT2D eigenvalue weighted by Gasteiger charge is -2.13. The van der Waals surface area contributed by atoms with E-state index >= 15 is 0 Å². The van der Waals surface area contributed by atoms with Gasteiger partial charge < -0.3 is 19.5 Å².